The number of aromatic nitrogens is 1. The van der Waals surface area contributed by atoms with E-state index in [9.17, 15) is 4.79 Å². The zero-order chi connectivity index (χ0) is 14.7. The molecule has 1 fully saturated rings. The van der Waals surface area contributed by atoms with Crippen LogP contribution in [0.5, 0.6) is 0 Å². The van der Waals surface area contributed by atoms with Crippen molar-refractivity contribution in [2.24, 2.45) is 5.92 Å². The molecule has 0 spiro atoms. The first-order chi connectivity index (χ1) is 9.51. The van der Waals surface area contributed by atoms with Crippen LogP contribution in [0.3, 0.4) is 0 Å². The summed E-state index contributed by atoms with van der Waals surface area (Å²) in [6, 6.07) is 2.03. The van der Waals surface area contributed by atoms with Crippen LogP contribution in [-0.4, -0.2) is 28.6 Å². The Balaban J connectivity index is 2.03. The molecule has 0 unspecified atom stereocenters. The van der Waals surface area contributed by atoms with Crippen LogP contribution in [0.15, 0.2) is 6.07 Å². The van der Waals surface area contributed by atoms with Gasteiger partial charge in [-0.25, -0.2) is 4.98 Å². The number of rotatable bonds is 3. The molecule has 0 aliphatic heterocycles. The maximum Gasteiger partial charge on any atom is 0.254 e. The first kappa shape index (κ1) is 15.3. The average Bonchev–Trinajstić information content (AvgIpc) is 2.38. The lowest BCUT2D eigenvalue weighted by molar-refractivity contribution is 0.0913. The molecule has 0 aromatic carbocycles. The van der Waals surface area contributed by atoms with Crippen molar-refractivity contribution in [2.45, 2.75) is 45.6 Å². The molecular formula is C15H21ClN2O2. The molecule has 20 heavy (non-hydrogen) atoms. The molecule has 2 N–H and O–H groups in total. The van der Waals surface area contributed by atoms with E-state index < -0.39 is 0 Å². The van der Waals surface area contributed by atoms with E-state index in [0.717, 1.165) is 36.9 Å². The van der Waals surface area contributed by atoms with E-state index in [1.54, 1.807) is 0 Å². The summed E-state index contributed by atoms with van der Waals surface area (Å²) < 4.78 is 0. The smallest absolute Gasteiger partial charge is 0.254 e. The molecule has 1 aromatic heterocycles. The molecule has 0 bridgehead atoms. The van der Waals surface area contributed by atoms with E-state index in [1.165, 1.54) is 0 Å². The van der Waals surface area contributed by atoms with Crippen molar-refractivity contribution in [3.05, 3.63) is 28.0 Å². The van der Waals surface area contributed by atoms with Crippen LogP contribution >= 0.6 is 11.6 Å². The van der Waals surface area contributed by atoms with Crippen LogP contribution in [0, 0.1) is 19.8 Å². The van der Waals surface area contributed by atoms with Crippen molar-refractivity contribution >= 4 is 17.5 Å². The third-order valence-corrected chi connectivity index (χ3v) is 4.24. The molecule has 4 nitrogen and oxygen atoms in total. The van der Waals surface area contributed by atoms with Crippen molar-refractivity contribution in [3.63, 3.8) is 0 Å². The summed E-state index contributed by atoms with van der Waals surface area (Å²) >= 11 is 6.09. The third-order valence-electron chi connectivity index (χ3n) is 3.97. The second kappa shape index (κ2) is 6.55. The fourth-order valence-corrected chi connectivity index (χ4v) is 3.18. The number of nitrogens with zero attached hydrogens (tertiary/aromatic N) is 1. The number of carbonyl (C=O) groups excluding carboxylic acids is 1. The van der Waals surface area contributed by atoms with Gasteiger partial charge in [0, 0.05) is 18.3 Å². The SMILES string of the molecule is Cc1cc(C)c(C(=O)NC2CCC(CO)CC2)c(Cl)n1. The second-order valence-corrected chi connectivity index (χ2v) is 5.98. The number of nitrogens with one attached hydrogen (secondary N) is 1. The number of aliphatic hydroxyl groups is 1. The number of aryl methyl sites for hydroxylation is 2. The Hall–Kier alpha value is -1.13. The van der Waals surface area contributed by atoms with Gasteiger partial charge in [0.1, 0.15) is 5.15 Å². The van der Waals surface area contributed by atoms with Gasteiger partial charge in [0.25, 0.3) is 5.91 Å². The Labute approximate surface area is 124 Å². The van der Waals surface area contributed by atoms with Gasteiger partial charge in [0.2, 0.25) is 0 Å². The van der Waals surface area contributed by atoms with Crippen molar-refractivity contribution in [1.82, 2.24) is 10.3 Å². The maximum atomic E-state index is 12.3. The Morgan fingerprint density at radius 2 is 2.05 bits per heavy atom. The Morgan fingerprint density at radius 1 is 1.40 bits per heavy atom. The number of halogens is 1. The van der Waals surface area contributed by atoms with E-state index in [2.05, 4.69) is 10.3 Å². The zero-order valence-corrected chi connectivity index (χ0v) is 12.7. The summed E-state index contributed by atoms with van der Waals surface area (Å²) in [4.78, 5) is 16.5. The van der Waals surface area contributed by atoms with Crippen LogP contribution in [0.25, 0.3) is 0 Å². The number of amides is 1. The lowest BCUT2D eigenvalue weighted by atomic mass is 9.86. The second-order valence-electron chi connectivity index (χ2n) is 5.62. The number of aliphatic hydroxyl groups excluding tert-OH is 1. The predicted molar refractivity (Wildman–Crippen MR) is 79.0 cm³/mol. The fourth-order valence-electron chi connectivity index (χ4n) is 2.81. The Morgan fingerprint density at radius 3 is 2.60 bits per heavy atom. The average molecular weight is 297 g/mol. The first-order valence-electron chi connectivity index (χ1n) is 7.06. The molecule has 1 heterocycles. The van der Waals surface area contributed by atoms with Gasteiger partial charge in [-0.05, 0) is 57.1 Å². The zero-order valence-electron chi connectivity index (χ0n) is 11.9. The summed E-state index contributed by atoms with van der Waals surface area (Å²) in [6.45, 7) is 3.97. The third kappa shape index (κ3) is 3.49. The summed E-state index contributed by atoms with van der Waals surface area (Å²) in [5.41, 5.74) is 2.14. The number of hydrogen-bond acceptors (Lipinski definition) is 3. The molecule has 0 radical (unpaired) electrons. The van der Waals surface area contributed by atoms with Gasteiger partial charge in [0.05, 0.1) is 5.56 Å². The van der Waals surface area contributed by atoms with Gasteiger partial charge in [-0.3, -0.25) is 4.79 Å². The normalized spacial score (nSPS) is 22.6. The van der Waals surface area contributed by atoms with Crippen molar-refractivity contribution in [3.8, 4) is 0 Å². The number of carbonyl (C=O) groups is 1. The topological polar surface area (TPSA) is 62.2 Å². The van der Waals surface area contributed by atoms with Gasteiger partial charge in [-0.1, -0.05) is 11.6 Å². The molecule has 1 aromatic rings. The van der Waals surface area contributed by atoms with E-state index in [4.69, 9.17) is 16.7 Å². The Kier molecular flexibility index (Phi) is 5.00. The van der Waals surface area contributed by atoms with Gasteiger partial charge in [-0.2, -0.15) is 0 Å². The highest BCUT2D eigenvalue weighted by Crippen LogP contribution is 2.25. The summed E-state index contributed by atoms with van der Waals surface area (Å²) in [5.74, 6) is 0.238. The lowest BCUT2D eigenvalue weighted by Crippen LogP contribution is -2.38. The predicted octanol–water partition coefficient (Wildman–Crippen LogP) is 2.63. The van der Waals surface area contributed by atoms with Crippen LogP contribution in [0.2, 0.25) is 5.15 Å². The summed E-state index contributed by atoms with van der Waals surface area (Å²) in [5, 5.41) is 12.4. The van der Waals surface area contributed by atoms with E-state index >= 15 is 0 Å². The molecule has 2 rings (SSSR count). The van der Waals surface area contributed by atoms with Gasteiger partial charge >= 0.3 is 0 Å². The summed E-state index contributed by atoms with van der Waals surface area (Å²) in [6.07, 6.45) is 3.74. The molecule has 110 valence electrons. The van der Waals surface area contributed by atoms with Crippen LogP contribution in [0.4, 0.5) is 0 Å². The monoisotopic (exact) mass is 296 g/mol. The standard InChI is InChI=1S/C15H21ClN2O2/c1-9-7-10(2)17-14(16)13(9)15(20)18-12-5-3-11(8-19)4-6-12/h7,11-12,19H,3-6,8H2,1-2H3,(H,18,20). The van der Waals surface area contributed by atoms with Crippen LogP contribution < -0.4 is 5.32 Å². The van der Waals surface area contributed by atoms with Crippen LogP contribution in [-0.2, 0) is 0 Å². The van der Waals surface area contributed by atoms with Crippen LogP contribution in [0.1, 0.15) is 47.3 Å². The molecular weight excluding hydrogens is 276 g/mol. The van der Waals surface area contributed by atoms with Gasteiger partial charge < -0.3 is 10.4 Å². The van der Waals surface area contributed by atoms with Crippen molar-refractivity contribution in [2.75, 3.05) is 6.61 Å². The lowest BCUT2D eigenvalue weighted by Gasteiger charge is -2.28. The largest absolute Gasteiger partial charge is 0.396 e. The minimum atomic E-state index is -0.146. The quantitative estimate of drug-likeness (QED) is 0.843. The van der Waals surface area contributed by atoms with E-state index in [1.807, 2.05) is 19.9 Å². The fraction of sp³-hybridized carbons (Fsp3) is 0.600. The molecule has 0 atom stereocenters. The van der Waals surface area contributed by atoms with E-state index in [0.29, 0.717) is 11.5 Å². The molecule has 1 amide bonds. The highest BCUT2D eigenvalue weighted by Gasteiger charge is 2.24. The van der Waals surface area contributed by atoms with Crippen molar-refractivity contribution in [1.29, 1.82) is 0 Å². The highest BCUT2D eigenvalue weighted by atomic mass is 35.5. The number of hydrogen-bond donors (Lipinski definition) is 2. The molecule has 1 aliphatic rings. The number of pyridine rings is 1. The first-order valence-corrected chi connectivity index (χ1v) is 7.44. The summed E-state index contributed by atoms with van der Waals surface area (Å²) in [7, 11) is 0. The molecule has 1 aliphatic carbocycles. The van der Waals surface area contributed by atoms with Gasteiger partial charge in [0.15, 0.2) is 0 Å². The molecule has 5 heteroatoms. The van der Waals surface area contributed by atoms with E-state index in [-0.39, 0.29) is 23.7 Å². The van der Waals surface area contributed by atoms with Gasteiger partial charge in [-0.15, -0.1) is 0 Å². The molecule has 0 saturated heterocycles. The molecule has 1 saturated carbocycles. The maximum absolute atomic E-state index is 12.3. The highest BCUT2D eigenvalue weighted by molar-refractivity contribution is 6.32. The minimum absolute atomic E-state index is 0.146. The Bertz CT molecular complexity index is 474. The van der Waals surface area contributed by atoms with Crippen molar-refractivity contribution < 1.29 is 9.90 Å². The minimum Gasteiger partial charge on any atom is -0.396 e.